The molecule has 0 aliphatic rings. The van der Waals surface area contributed by atoms with Crippen molar-refractivity contribution < 1.29 is 47.5 Å². The number of unbranched alkanes of at least 4 members (excludes halogenated alkanes) is 26. The molecule has 0 fully saturated rings. The number of phosphoric ester groups is 1. The molecule has 0 heterocycles. The van der Waals surface area contributed by atoms with Crippen LogP contribution in [0.3, 0.4) is 0 Å². The normalized spacial score (nSPS) is 13.8. The summed E-state index contributed by atoms with van der Waals surface area (Å²) in [5.74, 6) is -2.41. The lowest BCUT2D eigenvalue weighted by atomic mass is 10.0. The minimum Gasteiger partial charge on any atom is -0.480 e. The third-order valence-corrected chi connectivity index (χ3v) is 10.7. The smallest absolute Gasteiger partial charge is 0.472 e. The van der Waals surface area contributed by atoms with Gasteiger partial charge in [-0.25, -0.2) is 4.57 Å². The average molecular weight is 804 g/mol. The van der Waals surface area contributed by atoms with Gasteiger partial charge in [0, 0.05) is 12.8 Å². The summed E-state index contributed by atoms with van der Waals surface area (Å²) in [6.07, 6.45) is 38.9. The number of carboxylic acid groups (broad SMARTS) is 1. The highest BCUT2D eigenvalue weighted by Crippen LogP contribution is 2.43. The second kappa shape index (κ2) is 39.1. The van der Waals surface area contributed by atoms with Crippen molar-refractivity contribution in [2.24, 2.45) is 5.73 Å². The van der Waals surface area contributed by atoms with Crippen molar-refractivity contribution in [2.45, 2.75) is 225 Å². The lowest BCUT2D eigenvalue weighted by Crippen LogP contribution is -2.34. The fourth-order valence-electron chi connectivity index (χ4n) is 6.25. The molecule has 324 valence electrons. The highest BCUT2D eigenvalue weighted by atomic mass is 31.2. The van der Waals surface area contributed by atoms with Gasteiger partial charge < -0.3 is 25.2 Å². The lowest BCUT2D eigenvalue weighted by Gasteiger charge is -2.20. The van der Waals surface area contributed by atoms with E-state index in [9.17, 15) is 23.8 Å². The molecule has 0 bridgehead atoms. The van der Waals surface area contributed by atoms with Crippen molar-refractivity contribution in [1.82, 2.24) is 0 Å². The van der Waals surface area contributed by atoms with Crippen LogP contribution in [-0.2, 0) is 37.5 Å². The zero-order valence-electron chi connectivity index (χ0n) is 35.0. The summed E-state index contributed by atoms with van der Waals surface area (Å²) in [6, 6.07) is -1.52. The highest BCUT2D eigenvalue weighted by Gasteiger charge is 2.28. The molecule has 3 atom stereocenters. The number of hydrogen-bond donors (Lipinski definition) is 3. The predicted octanol–water partition coefficient (Wildman–Crippen LogP) is 11.7. The lowest BCUT2D eigenvalue weighted by molar-refractivity contribution is -0.161. The maximum Gasteiger partial charge on any atom is 0.472 e. The van der Waals surface area contributed by atoms with Crippen LogP contribution in [0.1, 0.15) is 213 Å². The number of nitrogens with two attached hydrogens (primary N) is 1. The molecule has 0 saturated heterocycles. The van der Waals surface area contributed by atoms with Gasteiger partial charge in [-0.1, -0.05) is 180 Å². The van der Waals surface area contributed by atoms with Gasteiger partial charge in [0.2, 0.25) is 0 Å². The first kappa shape index (κ1) is 53.2. The Labute approximate surface area is 335 Å². The van der Waals surface area contributed by atoms with Crippen LogP contribution < -0.4 is 5.73 Å². The molecule has 0 aromatic rings. The average Bonchev–Trinajstić information content (AvgIpc) is 3.16. The zero-order chi connectivity index (χ0) is 40.7. The molecule has 0 spiro atoms. The van der Waals surface area contributed by atoms with Crippen molar-refractivity contribution in [1.29, 1.82) is 0 Å². The Morgan fingerprint density at radius 1 is 0.545 bits per heavy atom. The van der Waals surface area contributed by atoms with E-state index >= 15 is 0 Å². The van der Waals surface area contributed by atoms with Gasteiger partial charge in [0.25, 0.3) is 0 Å². The maximum absolute atomic E-state index is 12.6. The number of carbonyl (C=O) groups excluding carboxylic acids is 2. The Morgan fingerprint density at radius 2 is 0.927 bits per heavy atom. The van der Waals surface area contributed by atoms with Crippen molar-refractivity contribution in [2.75, 3.05) is 19.8 Å². The third kappa shape index (κ3) is 38.9. The quantitative estimate of drug-likeness (QED) is 0.0232. The topological polar surface area (TPSA) is 172 Å². The Morgan fingerprint density at radius 3 is 1.38 bits per heavy atom. The monoisotopic (exact) mass is 804 g/mol. The number of ether oxygens (including phenoxy) is 2. The van der Waals surface area contributed by atoms with Crippen LogP contribution in [0.5, 0.6) is 0 Å². The number of esters is 2. The molecule has 0 aliphatic carbocycles. The number of carboxylic acids is 1. The molecule has 0 rings (SSSR count). The van der Waals surface area contributed by atoms with E-state index in [1.165, 1.54) is 135 Å². The number of hydrogen-bond acceptors (Lipinski definition) is 9. The van der Waals surface area contributed by atoms with Gasteiger partial charge in [0.1, 0.15) is 12.6 Å². The maximum atomic E-state index is 12.6. The highest BCUT2D eigenvalue weighted by molar-refractivity contribution is 7.47. The van der Waals surface area contributed by atoms with Gasteiger partial charge in [-0.2, -0.15) is 0 Å². The minimum atomic E-state index is -4.71. The van der Waals surface area contributed by atoms with E-state index in [1.54, 1.807) is 0 Å². The summed E-state index contributed by atoms with van der Waals surface area (Å²) in [7, 11) is -4.71. The number of phosphoric acid groups is 1. The van der Waals surface area contributed by atoms with E-state index in [2.05, 4.69) is 30.5 Å². The summed E-state index contributed by atoms with van der Waals surface area (Å²) in [5.41, 5.74) is 5.32. The summed E-state index contributed by atoms with van der Waals surface area (Å²) in [5, 5.41) is 8.87. The van der Waals surface area contributed by atoms with Crippen LogP contribution in [0.4, 0.5) is 0 Å². The summed E-state index contributed by atoms with van der Waals surface area (Å²) < 4.78 is 32.5. The van der Waals surface area contributed by atoms with E-state index in [-0.39, 0.29) is 19.4 Å². The first-order chi connectivity index (χ1) is 26.6. The van der Waals surface area contributed by atoms with Crippen molar-refractivity contribution in [3.05, 3.63) is 12.2 Å². The van der Waals surface area contributed by atoms with Gasteiger partial charge in [0.15, 0.2) is 6.10 Å². The van der Waals surface area contributed by atoms with Gasteiger partial charge in [-0.15, -0.1) is 0 Å². The van der Waals surface area contributed by atoms with E-state index in [4.69, 9.17) is 24.8 Å². The molecule has 0 aromatic heterocycles. The van der Waals surface area contributed by atoms with Crippen LogP contribution in [0, 0.1) is 0 Å². The van der Waals surface area contributed by atoms with Crippen LogP contribution in [0.25, 0.3) is 0 Å². The Kier molecular flexibility index (Phi) is 37.8. The number of carbonyl (C=O) groups is 3. The number of aliphatic carboxylic acids is 1. The van der Waals surface area contributed by atoms with Crippen LogP contribution >= 0.6 is 7.82 Å². The fraction of sp³-hybridized carbons (Fsp3) is 0.884. The summed E-state index contributed by atoms with van der Waals surface area (Å²) >= 11 is 0. The first-order valence-electron chi connectivity index (χ1n) is 22.2. The number of allylic oxidation sites excluding steroid dienone is 2. The van der Waals surface area contributed by atoms with E-state index in [0.717, 1.165) is 32.1 Å². The molecule has 0 amide bonds. The molecular weight excluding hydrogens is 721 g/mol. The second-order valence-corrected chi connectivity index (χ2v) is 16.6. The summed E-state index contributed by atoms with van der Waals surface area (Å²) in [6.45, 7) is 2.76. The molecule has 4 N–H and O–H groups in total. The molecule has 1 unspecified atom stereocenters. The number of rotatable bonds is 42. The predicted molar refractivity (Wildman–Crippen MR) is 222 cm³/mol. The van der Waals surface area contributed by atoms with Crippen molar-refractivity contribution >= 4 is 25.7 Å². The standard InChI is InChI=1S/C43H82NO10P/c1-3-5-7-9-11-13-14-15-16-17-18-19-20-21-22-23-24-25-26-27-29-31-33-35-42(46)54-39(37-52-55(49,50)53-38-40(44)43(47)48)36-51-41(45)34-32-30-28-12-10-8-6-4-2/h27,29,39-40H,3-26,28,30-38,44H2,1-2H3,(H,47,48)(H,49,50)/b29-27+/t39-,40-/m0/s1. The van der Waals surface area contributed by atoms with Crippen LogP contribution in [0.2, 0.25) is 0 Å². The molecule has 12 heteroatoms. The molecule has 55 heavy (non-hydrogen) atoms. The Balaban J connectivity index is 4.19. The fourth-order valence-corrected chi connectivity index (χ4v) is 7.02. The van der Waals surface area contributed by atoms with Crippen LogP contribution in [0.15, 0.2) is 12.2 Å². The van der Waals surface area contributed by atoms with Crippen molar-refractivity contribution in [3.63, 3.8) is 0 Å². The van der Waals surface area contributed by atoms with Gasteiger partial charge in [0.05, 0.1) is 13.2 Å². The largest absolute Gasteiger partial charge is 0.480 e. The molecule has 0 saturated carbocycles. The van der Waals surface area contributed by atoms with E-state index in [1.807, 2.05) is 0 Å². The molecule has 0 radical (unpaired) electrons. The third-order valence-electron chi connectivity index (χ3n) is 9.76. The summed E-state index contributed by atoms with van der Waals surface area (Å²) in [4.78, 5) is 45.7. The van der Waals surface area contributed by atoms with E-state index < -0.39 is 51.1 Å². The van der Waals surface area contributed by atoms with Crippen LogP contribution in [-0.4, -0.2) is 59.9 Å². The Hall–Kier alpha value is -1.78. The minimum absolute atomic E-state index is 0.118. The van der Waals surface area contributed by atoms with Gasteiger partial charge in [-0.3, -0.25) is 23.4 Å². The molecule has 0 aromatic carbocycles. The van der Waals surface area contributed by atoms with Gasteiger partial charge >= 0.3 is 25.7 Å². The zero-order valence-corrected chi connectivity index (χ0v) is 35.9. The second-order valence-electron chi connectivity index (χ2n) is 15.2. The molecule has 11 nitrogen and oxygen atoms in total. The SMILES string of the molecule is CCCCCCCCCCCCCCCCCCCC/C=C/CCCC(=O)O[C@@H](COC(=O)CCCCCCCCCC)COP(=O)(O)OC[C@H](N)C(=O)O. The molecule has 0 aliphatic heterocycles. The van der Waals surface area contributed by atoms with E-state index in [0.29, 0.717) is 19.3 Å². The Bertz CT molecular complexity index is 995. The molecular formula is C43H82NO10P. The van der Waals surface area contributed by atoms with Crippen molar-refractivity contribution in [3.8, 4) is 0 Å². The first-order valence-corrected chi connectivity index (χ1v) is 23.7. The van der Waals surface area contributed by atoms with Gasteiger partial charge in [-0.05, 0) is 32.1 Å².